The topological polar surface area (TPSA) is 71.8 Å². The minimum Gasteiger partial charge on any atom is -0.352 e. The molecule has 3 heterocycles. The van der Waals surface area contributed by atoms with Crippen LogP contribution in [0.4, 0.5) is 0 Å². The standard InChI is InChI=1S/C21H23N5O/c1-26-14-18(11-25-26)19-12-23-13-20(19)21(27)24-10-15-2-4-16(5-3-15)17-6-8-22-9-7-17/h2-9,11,14,19-20,23H,10,12-13H2,1H3,(H,24,27)/t19-,20+/m1/s1. The van der Waals surface area contributed by atoms with Crippen molar-refractivity contribution in [1.82, 2.24) is 25.4 Å². The van der Waals surface area contributed by atoms with Crippen molar-refractivity contribution in [2.75, 3.05) is 13.1 Å². The van der Waals surface area contributed by atoms with E-state index in [9.17, 15) is 4.79 Å². The number of carbonyl (C=O) groups excluding carboxylic acids is 1. The number of aryl methyl sites for hydroxylation is 1. The van der Waals surface area contributed by atoms with E-state index >= 15 is 0 Å². The molecular weight excluding hydrogens is 338 g/mol. The van der Waals surface area contributed by atoms with Crippen molar-refractivity contribution in [3.63, 3.8) is 0 Å². The molecule has 0 aliphatic carbocycles. The fraction of sp³-hybridized carbons (Fsp3) is 0.286. The molecule has 1 saturated heterocycles. The lowest BCUT2D eigenvalue weighted by Gasteiger charge is -2.17. The Kier molecular flexibility index (Phi) is 4.98. The molecule has 138 valence electrons. The van der Waals surface area contributed by atoms with Crippen molar-refractivity contribution in [1.29, 1.82) is 0 Å². The quantitative estimate of drug-likeness (QED) is 0.730. The predicted molar refractivity (Wildman–Crippen MR) is 104 cm³/mol. The molecule has 0 bridgehead atoms. The summed E-state index contributed by atoms with van der Waals surface area (Å²) in [6, 6.07) is 12.2. The van der Waals surface area contributed by atoms with Gasteiger partial charge in [-0.1, -0.05) is 24.3 Å². The second-order valence-corrected chi connectivity index (χ2v) is 6.97. The van der Waals surface area contributed by atoms with Gasteiger partial charge in [0.25, 0.3) is 0 Å². The third kappa shape index (κ3) is 3.90. The normalized spacial score (nSPS) is 19.1. The highest BCUT2D eigenvalue weighted by molar-refractivity contribution is 5.80. The van der Waals surface area contributed by atoms with Gasteiger partial charge >= 0.3 is 0 Å². The van der Waals surface area contributed by atoms with E-state index in [0.717, 1.165) is 28.8 Å². The van der Waals surface area contributed by atoms with Crippen LogP contribution < -0.4 is 10.6 Å². The van der Waals surface area contributed by atoms with Gasteiger partial charge in [-0.3, -0.25) is 14.5 Å². The van der Waals surface area contributed by atoms with Crippen molar-refractivity contribution >= 4 is 5.91 Å². The Morgan fingerprint density at radius 1 is 1.15 bits per heavy atom. The molecule has 1 fully saturated rings. The highest BCUT2D eigenvalue weighted by Gasteiger charge is 2.34. The predicted octanol–water partition coefficient (Wildman–Crippen LogP) is 2.10. The molecule has 6 nitrogen and oxygen atoms in total. The number of nitrogens with one attached hydrogen (secondary N) is 2. The number of nitrogens with zero attached hydrogens (tertiary/aromatic N) is 3. The smallest absolute Gasteiger partial charge is 0.225 e. The molecule has 1 aliphatic heterocycles. The van der Waals surface area contributed by atoms with Crippen LogP contribution in [0.1, 0.15) is 17.0 Å². The van der Waals surface area contributed by atoms with Gasteiger partial charge in [-0.15, -0.1) is 0 Å². The molecule has 1 aliphatic rings. The number of pyridine rings is 1. The second-order valence-electron chi connectivity index (χ2n) is 6.97. The number of rotatable bonds is 5. The molecule has 4 rings (SSSR count). The van der Waals surface area contributed by atoms with Crippen molar-refractivity contribution in [3.8, 4) is 11.1 Å². The van der Waals surface area contributed by atoms with Crippen LogP contribution in [0.25, 0.3) is 11.1 Å². The SMILES string of the molecule is Cn1cc([C@H]2CNC[C@@H]2C(=O)NCc2ccc(-c3ccncc3)cc2)cn1. The van der Waals surface area contributed by atoms with Gasteiger partial charge in [0, 0.05) is 51.2 Å². The molecule has 0 spiro atoms. The number of amides is 1. The van der Waals surface area contributed by atoms with Gasteiger partial charge in [0.1, 0.15) is 0 Å². The van der Waals surface area contributed by atoms with E-state index in [4.69, 9.17) is 0 Å². The zero-order chi connectivity index (χ0) is 18.6. The Labute approximate surface area is 158 Å². The summed E-state index contributed by atoms with van der Waals surface area (Å²) < 4.78 is 1.78. The number of hydrogen-bond acceptors (Lipinski definition) is 4. The van der Waals surface area contributed by atoms with Crippen LogP contribution in [-0.4, -0.2) is 33.8 Å². The lowest BCUT2D eigenvalue weighted by Crippen LogP contribution is -2.33. The number of aromatic nitrogens is 3. The molecule has 3 aromatic rings. The molecule has 1 amide bonds. The molecule has 2 atom stereocenters. The van der Waals surface area contributed by atoms with Crippen LogP contribution in [0.5, 0.6) is 0 Å². The summed E-state index contributed by atoms with van der Waals surface area (Å²) >= 11 is 0. The van der Waals surface area contributed by atoms with Gasteiger partial charge in [0.2, 0.25) is 5.91 Å². The summed E-state index contributed by atoms with van der Waals surface area (Å²) in [4.78, 5) is 16.8. The van der Waals surface area contributed by atoms with E-state index < -0.39 is 0 Å². The van der Waals surface area contributed by atoms with Crippen molar-refractivity contribution in [2.24, 2.45) is 13.0 Å². The van der Waals surface area contributed by atoms with Crippen LogP contribution in [0.2, 0.25) is 0 Å². The molecule has 2 N–H and O–H groups in total. The summed E-state index contributed by atoms with van der Waals surface area (Å²) in [6.45, 7) is 2.04. The summed E-state index contributed by atoms with van der Waals surface area (Å²) in [5.74, 6) is 0.199. The summed E-state index contributed by atoms with van der Waals surface area (Å²) in [5, 5.41) is 10.7. The third-order valence-corrected chi connectivity index (χ3v) is 5.14. The first-order chi connectivity index (χ1) is 13.2. The Morgan fingerprint density at radius 3 is 2.59 bits per heavy atom. The fourth-order valence-corrected chi connectivity index (χ4v) is 3.62. The fourth-order valence-electron chi connectivity index (χ4n) is 3.62. The van der Waals surface area contributed by atoms with E-state index in [1.807, 2.05) is 31.6 Å². The molecule has 0 unspecified atom stereocenters. The first-order valence-corrected chi connectivity index (χ1v) is 9.17. The zero-order valence-electron chi connectivity index (χ0n) is 15.3. The second kappa shape index (κ2) is 7.72. The van der Waals surface area contributed by atoms with Crippen molar-refractivity contribution < 1.29 is 4.79 Å². The number of carbonyl (C=O) groups is 1. The molecule has 1 aromatic carbocycles. The van der Waals surface area contributed by atoms with Crippen LogP contribution in [0, 0.1) is 5.92 Å². The lowest BCUT2D eigenvalue weighted by atomic mass is 9.90. The van der Waals surface area contributed by atoms with Gasteiger partial charge < -0.3 is 10.6 Å². The molecule has 0 saturated carbocycles. The first-order valence-electron chi connectivity index (χ1n) is 9.17. The maximum atomic E-state index is 12.7. The first kappa shape index (κ1) is 17.4. The van der Waals surface area contributed by atoms with E-state index in [1.54, 1.807) is 17.1 Å². The van der Waals surface area contributed by atoms with Crippen LogP contribution >= 0.6 is 0 Å². The summed E-state index contributed by atoms with van der Waals surface area (Å²) in [7, 11) is 1.90. The number of hydrogen-bond donors (Lipinski definition) is 2. The van der Waals surface area contributed by atoms with Gasteiger partial charge in [-0.2, -0.15) is 5.10 Å². The van der Waals surface area contributed by atoms with E-state index in [1.165, 1.54) is 0 Å². The lowest BCUT2D eigenvalue weighted by molar-refractivity contribution is -0.125. The van der Waals surface area contributed by atoms with Crippen molar-refractivity contribution in [2.45, 2.75) is 12.5 Å². The monoisotopic (exact) mass is 361 g/mol. The average Bonchev–Trinajstić information content (AvgIpc) is 3.36. The molecule has 27 heavy (non-hydrogen) atoms. The largest absolute Gasteiger partial charge is 0.352 e. The van der Waals surface area contributed by atoms with Crippen LogP contribution in [-0.2, 0) is 18.4 Å². The Balaban J connectivity index is 1.37. The van der Waals surface area contributed by atoms with Crippen LogP contribution in [0.3, 0.4) is 0 Å². The summed E-state index contributed by atoms with van der Waals surface area (Å²) in [5.41, 5.74) is 4.48. The van der Waals surface area contributed by atoms with E-state index in [2.05, 4.69) is 45.0 Å². The molecule has 2 aromatic heterocycles. The highest BCUT2D eigenvalue weighted by atomic mass is 16.1. The maximum absolute atomic E-state index is 12.7. The highest BCUT2D eigenvalue weighted by Crippen LogP contribution is 2.28. The Morgan fingerprint density at radius 2 is 1.89 bits per heavy atom. The number of benzene rings is 1. The third-order valence-electron chi connectivity index (χ3n) is 5.14. The van der Waals surface area contributed by atoms with Gasteiger partial charge in [-0.05, 0) is 34.4 Å². The van der Waals surface area contributed by atoms with Crippen molar-refractivity contribution in [3.05, 3.63) is 72.3 Å². The van der Waals surface area contributed by atoms with Gasteiger partial charge in [0.05, 0.1) is 12.1 Å². The Hall–Kier alpha value is -2.99. The van der Waals surface area contributed by atoms with Gasteiger partial charge in [0.15, 0.2) is 0 Å². The average molecular weight is 361 g/mol. The zero-order valence-corrected chi connectivity index (χ0v) is 15.3. The molecule has 6 heteroatoms. The molecular formula is C21H23N5O. The minimum atomic E-state index is -0.0645. The summed E-state index contributed by atoms with van der Waals surface area (Å²) in [6.07, 6.45) is 7.43. The maximum Gasteiger partial charge on any atom is 0.225 e. The van der Waals surface area contributed by atoms with Gasteiger partial charge in [-0.25, -0.2) is 0 Å². The van der Waals surface area contributed by atoms with Crippen LogP contribution in [0.15, 0.2) is 61.2 Å². The molecule has 0 radical (unpaired) electrons. The van der Waals surface area contributed by atoms with E-state index in [-0.39, 0.29) is 17.7 Å². The Bertz CT molecular complexity index is 904. The van der Waals surface area contributed by atoms with E-state index in [0.29, 0.717) is 13.1 Å². The minimum absolute atomic E-state index is 0.0645.